The average molecular weight is 312 g/mol. The fourth-order valence-electron chi connectivity index (χ4n) is 1.64. The number of likely N-dealkylation sites (N-methyl/N-ethyl adjacent to an activating group) is 1. The largest absolute Gasteiger partial charge is 0.497 e. The molecule has 5 nitrogen and oxygen atoms in total. The highest BCUT2D eigenvalue weighted by Crippen LogP contribution is 2.22. The lowest BCUT2D eigenvalue weighted by molar-refractivity contribution is -0.118. The topological polar surface area (TPSA) is 50.8 Å². The lowest BCUT2D eigenvalue weighted by Gasteiger charge is -2.16. The van der Waals surface area contributed by atoms with Crippen LogP contribution in [0.2, 0.25) is 0 Å². The van der Waals surface area contributed by atoms with E-state index < -0.39 is 0 Å². The molecule has 1 rings (SSSR count). The number of hydrogen-bond donors (Lipinski definition) is 1. The van der Waals surface area contributed by atoms with Crippen LogP contribution in [-0.4, -0.2) is 64.1 Å². The van der Waals surface area contributed by atoms with Crippen LogP contribution in [0.15, 0.2) is 29.2 Å². The Hall–Kier alpha value is -1.24. The van der Waals surface area contributed by atoms with Crippen LogP contribution in [0.4, 0.5) is 0 Å². The van der Waals surface area contributed by atoms with Crippen LogP contribution in [0, 0.1) is 0 Å². The van der Waals surface area contributed by atoms with Crippen LogP contribution < -0.4 is 10.1 Å². The van der Waals surface area contributed by atoms with Gasteiger partial charge in [-0.05, 0) is 25.2 Å². The minimum Gasteiger partial charge on any atom is -0.497 e. The summed E-state index contributed by atoms with van der Waals surface area (Å²) in [6.45, 7) is 3.04. The van der Waals surface area contributed by atoms with E-state index in [9.17, 15) is 4.79 Å². The number of hydrogen-bond acceptors (Lipinski definition) is 5. The molecular weight excluding hydrogens is 288 g/mol. The van der Waals surface area contributed by atoms with Gasteiger partial charge in [-0.2, -0.15) is 0 Å². The predicted molar refractivity (Wildman–Crippen MR) is 86.1 cm³/mol. The Morgan fingerprint density at radius 1 is 1.33 bits per heavy atom. The summed E-state index contributed by atoms with van der Waals surface area (Å²) in [7, 11) is 5.33. The maximum Gasteiger partial charge on any atom is 0.230 e. The molecule has 0 atom stereocenters. The zero-order valence-corrected chi connectivity index (χ0v) is 13.7. The van der Waals surface area contributed by atoms with Crippen molar-refractivity contribution in [2.75, 3.05) is 53.3 Å². The van der Waals surface area contributed by atoms with Crippen molar-refractivity contribution in [2.24, 2.45) is 0 Å². The Bertz CT molecular complexity index is 429. The van der Waals surface area contributed by atoms with Gasteiger partial charge in [-0.15, -0.1) is 11.8 Å². The van der Waals surface area contributed by atoms with Crippen molar-refractivity contribution in [3.05, 3.63) is 24.3 Å². The molecule has 1 N–H and O–H groups in total. The molecule has 0 fully saturated rings. The molecule has 0 bridgehead atoms. The van der Waals surface area contributed by atoms with E-state index in [1.165, 1.54) is 11.8 Å². The Labute approximate surface area is 131 Å². The highest BCUT2D eigenvalue weighted by Gasteiger charge is 2.04. The van der Waals surface area contributed by atoms with Gasteiger partial charge in [0.25, 0.3) is 0 Å². The number of benzene rings is 1. The third-order valence-corrected chi connectivity index (χ3v) is 3.90. The second-order valence-corrected chi connectivity index (χ2v) is 5.66. The zero-order valence-electron chi connectivity index (χ0n) is 12.9. The normalized spacial score (nSPS) is 10.7. The number of carbonyl (C=O) groups excluding carboxylic acids is 1. The van der Waals surface area contributed by atoms with Crippen LogP contribution in [0.5, 0.6) is 5.75 Å². The molecule has 0 unspecified atom stereocenters. The van der Waals surface area contributed by atoms with Crippen molar-refractivity contribution in [3.8, 4) is 5.75 Å². The van der Waals surface area contributed by atoms with Gasteiger partial charge in [-0.3, -0.25) is 4.79 Å². The number of nitrogens with one attached hydrogen (secondary N) is 1. The zero-order chi connectivity index (χ0) is 15.5. The van der Waals surface area contributed by atoms with Crippen molar-refractivity contribution >= 4 is 17.7 Å². The lowest BCUT2D eigenvalue weighted by atomic mass is 10.3. The summed E-state index contributed by atoms with van der Waals surface area (Å²) in [5, 5.41) is 2.92. The van der Waals surface area contributed by atoms with Gasteiger partial charge in [0.15, 0.2) is 0 Å². The molecule has 0 aliphatic carbocycles. The van der Waals surface area contributed by atoms with Gasteiger partial charge >= 0.3 is 0 Å². The molecule has 21 heavy (non-hydrogen) atoms. The molecule has 0 saturated heterocycles. The van der Waals surface area contributed by atoms with Gasteiger partial charge < -0.3 is 19.7 Å². The fourth-order valence-corrected chi connectivity index (χ4v) is 2.41. The van der Waals surface area contributed by atoms with Crippen molar-refractivity contribution < 1.29 is 14.3 Å². The highest BCUT2D eigenvalue weighted by atomic mass is 32.2. The third-order valence-electron chi connectivity index (χ3n) is 2.90. The minimum absolute atomic E-state index is 0.0444. The maximum atomic E-state index is 11.8. The molecular formula is C15H24N2O3S. The lowest BCUT2D eigenvalue weighted by Crippen LogP contribution is -2.35. The van der Waals surface area contributed by atoms with Gasteiger partial charge in [0.05, 0.1) is 19.5 Å². The molecule has 0 saturated carbocycles. The Balaban J connectivity index is 2.19. The van der Waals surface area contributed by atoms with Crippen molar-refractivity contribution in [3.63, 3.8) is 0 Å². The quantitative estimate of drug-likeness (QED) is 0.663. The first-order valence-corrected chi connectivity index (χ1v) is 7.85. The SMILES string of the molecule is COCCN(C)CCNC(=O)CSc1cccc(OC)c1. The molecule has 118 valence electrons. The van der Waals surface area contributed by atoms with E-state index in [0.29, 0.717) is 18.9 Å². The monoisotopic (exact) mass is 312 g/mol. The molecule has 0 heterocycles. The molecule has 0 radical (unpaired) electrons. The molecule has 0 aromatic heterocycles. The predicted octanol–water partition coefficient (Wildman–Crippen LogP) is 1.48. The van der Waals surface area contributed by atoms with Gasteiger partial charge in [0.2, 0.25) is 5.91 Å². The molecule has 0 aliphatic heterocycles. The standard InChI is InChI=1S/C15H24N2O3S/c1-17(9-10-19-2)8-7-16-15(18)12-21-14-6-4-5-13(11-14)20-3/h4-6,11H,7-10,12H2,1-3H3,(H,16,18). The molecule has 6 heteroatoms. The molecule has 1 amide bonds. The Kier molecular flexibility index (Phi) is 8.89. The van der Waals surface area contributed by atoms with Gasteiger partial charge in [-0.1, -0.05) is 6.07 Å². The van der Waals surface area contributed by atoms with Crippen LogP contribution in [0.25, 0.3) is 0 Å². The maximum absolute atomic E-state index is 11.8. The van der Waals surface area contributed by atoms with Crippen molar-refractivity contribution in [2.45, 2.75) is 4.90 Å². The number of carbonyl (C=O) groups is 1. The third kappa shape index (κ3) is 7.94. The van der Waals surface area contributed by atoms with Gasteiger partial charge in [0, 0.05) is 31.6 Å². The van der Waals surface area contributed by atoms with E-state index in [0.717, 1.165) is 23.7 Å². The molecule has 1 aromatic rings. The molecule has 0 spiro atoms. The second kappa shape index (κ2) is 10.5. The van der Waals surface area contributed by atoms with Crippen molar-refractivity contribution in [1.82, 2.24) is 10.2 Å². The smallest absolute Gasteiger partial charge is 0.230 e. The average Bonchev–Trinajstić information content (AvgIpc) is 2.51. The first kappa shape index (κ1) is 17.8. The summed E-state index contributed by atoms with van der Waals surface area (Å²) < 4.78 is 10.2. The number of thioether (sulfide) groups is 1. The van der Waals surface area contributed by atoms with E-state index >= 15 is 0 Å². The summed E-state index contributed by atoms with van der Waals surface area (Å²) in [6, 6.07) is 7.71. The number of amides is 1. The second-order valence-electron chi connectivity index (χ2n) is 4.61. The van der Waals surface area contributed by atoms with Gasteiger partial charge in [0.1, 0.15) is 5.75 Å². The van der Waals surface area contributed by atoms with E-state index in [2.05, 4.69) is 10.2 Å². The van der Waals surface area contributed by atoms with Crippen LogP contribution >= 0.6 is 11.8 Å². The summed E-state index contributed by atoms with van der Waals surface area (Å²) in [6.07, 6.45) is 0. The Morgan fingerprint density at radius 2 is 2.14 bits per heavy atom. The summed E-state index contributed by atoms with van der Waals surface area (Å²) in [5.74, 6) is 1.26. The highest BCUT2D eigenvalue weighted by molar-refractivity contribution is 8.00. The minimum atomic E-state index is 0.0444. The first-order valence-electron chi connectivity index (χ1n) is 6.86. The van der Waals surface area contributed by atoms with Crippen LogP contribution in [0.3, 0.4) is 0 Å². The molecule has 0 aliphatic rings. The molecule has 1 aromatic carbocycles. The van der Waals surface area contributed by atoms with Crippen LogP contribution in [0.1, 0.15) is 0 Å². The fraction of sp³-hybridized carbons (Fsp3) is 0.533. The number of nitrogens with zero attached hydrogens (tertiary/aromatic N) is 1. The summed E-state index contributed by atoms with van der Waals surface area (Å²) in [4.78, 5) is 14.9. The Morgan fingerprint density at radius 3 is 2.86 bits per heavy atom. The van der Waals surface area contributed by atoms with Crippen LogP contribution in [-0.2, 0) is 9.53 Å². The van der Waals surface area contributed by atoms with E-state index in [4.69, 9.17) is 9.47 Å². The summed E-state index contributed by atoms with van der Waals surface area (Å²) in [5.41, 5.74) is 0. The number of rotatable bonds is 10. The van der Waals surface area contributed by atoms with E-state index in [1.54, 1.807) is 14.2 Å². The van der Waals surface area contributed by atoms with Crippen molar-refractivity contribution in [1.29, 1.82) is 0 Å². The van der Waals surface area contributed by atoms with Gasteiger partial charge in [-0.25, -0.2) is 0 Å². The number of ether oxygens (including phenoxy) is 2. The summed E-state index contributed by atoms with van der Waals surface area (Å²) >= 11 is 1.51. The first-order chi connectivity index (χ1) is 10.2. The van der Waals surface area contributed by atoms with E-state index in [1.807, 2.05) is 31.3 Å². The van der Waals surface area contributed by atoms with E-state index in [-0.39, 0.29) is 5.91 Å². The number of methoxy groups -OCH3 is 2.